The van der Waals surface area contributed by atoms with Gasteiger partial charge in [-0.3, -0.25) is 4.79 Å². The Hall–Kier alpha value is -2.87. The third-order valence-electron chi connectivity index (χ3n) is 3.93. The van der Waals surface area contributed by atoms with Crippen molar-refractivity contribution in [2.45, 2.75) is 6.54 Å². The zero-order valence-electron chi connectivity index (χ0n) is 12.8. The molecule has 0 radical (unpaired) electrons. The van der Waals surface area contributed by atoms with Crippen LogP contribution in [-0.4, -0.2) is 25.2 Å². The number of fused-ring (bicyclic) bond motifs is 1. The van der Waals surface area contributed by atoms with Crippen LogP contribution in [0.5, 0.6) is 0 Å². The molecule has 4 aromatic rings. The van der Waals surface area contributed by atoms with Gasteiger partial charge in [0.1, 0.15) is 5.82 Å². The summed E-state index contributed by atoms with van der Waals surface area (Å²) in [4.78, 5) is 12.7. The molecule has 1 N–H and O–H groups in total. The van der Waals surface area contributed by atoms with E-state index in [2.05, 4.69) is 36.6 Å². The van der Waals surface area contributed by atoms with Crippen molar-refractivity contribution in [3.05, 3.63) is 74.7 Å². The summed E-state index contributed by atoms with van der Waals surface area (Å²) in [5.41, 5.74) is 1.34. The lowest BCUT2D eigenvalue weighted by Gasteiger charge is -2.13. The minimum Gasteiger partial charge on any atom is -0.342 e. The molecule has 0 atom stereocenters. The lowest BCUT2D eigenvalue weighted by molar-refractivity contribution is 0.600. The van der Waals surface area contributed by atoms with E-state index in [0.29, 0.717) is 26.5 Å². The molecule has 0 amide bonds. The first-order valence-electron chi connectivity index (χ1n) is 7.43. The van der Waals surface area contributed by atoms with Crippen LogP contribution < -0.4 is 5.43 Å². The summed E-state index contributed by atoms with van der Waals surface area (Å²) in [5.74, 6) is -0.112. The Morgan fingerprint density at radius 3 is 2.80 bits per heavy atom. The van der Waals surface area contributed by atoms with Crippen LogP contribution >= 0.6 is 15.9 Å². The number of para-hydroxylation sites is 1. The normalized spacial score (nSPS) is 11.1. The summed E-state index contributed by atoms with van der Waals surface area (Å²) in [6, 6.07) is 12.1. The highest BCUT2D eigenvalue weighted by molar-refractivity contribution is 9.10. The molecule has 0 unspecified atom stereocenters. The molecule has 0 saturated heterocycles. The van der Waals surface area contributed by atoms with E-state index < -0.39 is 0 Å². The summed E-state index contributed by atoms with van der Waals surface area (Å²) in [7, 11) is 0. The van der Waals surface area contributed by atoms with Gasteiger partial charge in [-0.05, 0) is 29.5 Å². The van der Waals surface area contributed by atoms with Crippen molar-refractivity contribution < 1.29 is 4.39 Å². The van der Waals surface area contributed by atoms with Crippen LogP contribution in [0.25, 0.3) is 22.3 Å². The zero-order chi connectivity index (χ0) is 17.4. The van der Waals surface area contributed by atoms with Crippen molar-refractivity contribution in [1.82, 2.24) is 25.2 Å². The van der Waals surface area contributed by atoms with E-state index in [1.807, 2.05) is 16.7 Å². The largest absolute Gasteiger partial charge is 0.342 e. The van der Waals surface area contributed by atoms with Gasteiger partial charge in [-0.25, -0.2) is 4.39 Å². The number of hydrogen-bond acceptors (Lipinski definition) is 4. The first kappa shape index (κ1) is 15.6. The molecule has 25 heavy (non-hydrogen) atoms. The van der Waals surface area contributed by atoms with E-state index in [1.165, 1.54) is 6.07 Å². The number of aromatic nitrogens is 5. The van der Waals surface area contributed by atoms with E-state index in [0.717, 1.165) is 0 Å². The maximum Gasteiger partial charge on any atom is 0.210 e. The van der Waals surface area contributed by atoms with Crippen molar-refractivity contribution in [3.63, 3.8) is 0 Å². The van der Waals surface area contributed by atoms with Crippen LogP contribution in [0.15, 0.2) is 57.9 Å². The molecule has 0 saturated carbocycles. The monoisotopic (exact) mass is 399 g/mol. The average Bonchev–Trinajstić information content (AvgIpc) is 3.14. The summed E-state index contributed by atoms with van der Waals surface area (Å²) < 4.78 is 16.7. The number of nitrogens with one attached hydrogen (secondary N) is 1. The third kappa shape index (κ3) is 2.85. The van der Waals surface area contributed by atoms with Crippen LogP contribution in [-0.2, 0) is 6.54 Å². The molecule has 124 valence electrons. The van der Waals surface area contributed by atoms with Crippen LogP contribution in [0.2, 0.25) is 0 Å². The van der Waals surface area contributed by atoms with Gasteiger partial charge in [-0.1, -0.05) is 34.1 Å². The maximum atomic E-state index is 14.2. The summed E-state index contributed by atoms with van der Waals surface area (Å²) in [6.45, 7) is 0.269. The highest BCUT2D eigenvalue weighted by Gasteiger charge is 2.14. The van der Waals surface area contributed by atoms with E-state index in [4.69, 9.17) is 0 Å². The van der Waals surface area contributed by atoms with Crippen molar-refractivity contribution in [1.29, 1.82) is 0 Å². The van der Waals surface area contributed by atoms with Crippen LogP contribution in [0.3, 0.4) is 0 Å². The predicted molar refractivity (Wildman–Crippen MR) is 94.6 cm³/mol. The average molecular weight is 400 g/mol. The molecule has 0 spiro atoms. The second-order valence-electron chi connectivity index (χ2n) is 5.49. The molecule has 0 aliphatic carbocycles. The number of hydrogen-bond donors (Lipinski definition) is 1. The van der Waals surface area contributed by atoms with Gasteiger partial charge in [0, 0.05) is 21.6 Å². The first-order chi connectivity index (χ1) is 12.1. The molecule has 2 aromatic heterocycles. The first-order valence-corrected chi connectivity index (χ1v) is 8.23. The molecular formula is C17H11BrFN5O. The Kier molecular flexibility index (Phi) is 3.89. The summed E-state index contributed by atoms with van der Waals surface area (Å²) in [5, 5.41) is 14.1. The fourth-order valence-corrected chi connectivity index (χ4v) is 3.08. The second-order valence-corrected chi connectivity index (χ2v) is 6.40. The van der Waals surface area contributed by atoms with Gasteiger partial charge in [-0.2, -0.15) is 5.21 Å². The molecule has 0 fully saturated rings. The highest BCUT2D eigenvalue weighted by atomic mass is 79.9. The lowest BCUT2D eigenvalue weighted by Crippen LogP contribution is -2.14. The minimum absolute atomic E-state index is 0.190. The van der Waals surface area contributed by atoms with Crippen molar-refractivity contribution in [2.75, 3.05) is 0 Å². The number of benzene rings is 2. The fraction of sp³-hybridized carbons (Fsp3) is 0.0588. The van der Waals surface area contributed by atoms with Crippen LogP contribution in [0.4, 0.5) is 4.39 Å². The van der Waals surface area contributed by atoms with Gasteiger partial charge in [0.2, 0.25) is 11.3 Å². The molecule has 8 heteroatoms. The lowest BCUT2D eigenvalue weighted by atomic mass is 10.1. The van der Waals surface area contributed by atoms with Gasteiger partial charge in [0.25, 0.3) is 0 Å². The zero-order valence-corrected chi connectivity index (χ0v) is 14.4. The molecular weight excluding hydrogens is 389 g/mol. The Bertz CT molecular complexity index is 1120. The van der Waals surface area contributed by atoms with Crippen molar-refractivity contribution in [3.8, 4) is 11.4 Å². The third-order valence-corrected chi connectivity index (χ3v) is 4.42. The number of H-pyrrole nitrogens is 1. The Morgan fingerprint density at radius 1 is 1.20 bits per heavy atom. The number of rotatable bonds is 3. The van der Waals surface area contributed by atoms with E-state index in [1.54, 1.807) is 30.5 Å². The topological polar surface area (TPSA) is 76.5 Å². The number of pyridine rings is 1. The predicted octanol–water partition coefficient (Wildman–Crippen LogP) is 3.13. The molecule has 0 aliphatic rings. The molecule has 4 rings (SSSR count). The second kappa shape index (κ2) is 6.21. The van der Waals surface area contributed by atoms with Crippen molar-refractivity contribution in [2.24, 2.45) is 0 Å². The number of halogens is 2. The quantitative estimate of drug-likeness (QED) is 0.574. The number of aromatic amines is 1. The fourth-order valence-electron chi connectivity index (χ4n) is 2.74. The van der Waals surface area contributed by atoms with Gasteiger partial charge < -0.3 is 4.57 Å². The van der Waals surface area contributed by atoms with Gasteiger partial charge in [0.05, 0.1) is 17.6 Å². The van der Waals surface area contributed by atoms with Gasteiger partial charge in [0.15, 0.2) is 0 Å². The summed E-state index contributed by atoms with van der Waals surface area (Å²) in [6.07, 6.45) is 1.64. The molecule has 2 heterocycles. The Balaban J connectivity index is 1.93. The van der Waals surface area contributed by atoms with E-state index in [9.17, 15) is 9.18 Å². The minimum atomic E-state index is -0.321. The molecule has 0 bridgehead atoms. The highest BCUT2D eigenvalue weighted by Crippen LogP contribution is 2.20. The number of tetrazole rings is 1. The van der Waals surface area contributed by atoms with Gasteiger partial charge >= 0.3 is 0 Å². The Labute approximate surface area is 149 Å². The smallest absolute Gasteiger partial charge is 0.210 e. The van der Waals surface area contributed by atoms with Crippen LogP contribution in [0, 0.1) is 5.82 Å². The SMILES string of the molecule is O=c1c(-c2nn[nH]n2)cn(Cc2ccc(Br)cc2F)c2ccccc12. The number of nitrogens with zero attached hydrogens (tertiary/aromatic N) is 4. The molecule has 6 nitrogen and oxygen atoms in total. The molecule has 2 aromatic carbocycles. The van der Waals surface area contributed by atoms with E-state index in [-0.39, 0.29) is 23.6 Å². The van der Waals surface area contributed by atoms with Gasteiger partial charge in [-0.15, -0.1) is 10.2 Å². The Morgan fingerprint density at radius 2 is 2.04 bits per heavy atom. The van der Waals surface area contributed by atoms with Crippen LogP contribution in [0.1, 0.15) is 5.56 Å². The summed E-state index contributed by atoms with van der Waals surface area (Å²) >= 11 is 3.25. The standard InChI is InChI=1S/C17H11BrFN5O/c18-11-6-5-10(14(19)7-11)8-24-9-13(17-20-22-23-21-17)16(25)12-3-1-2-4-15(12)24/h1-7,9H,8H2,(H,20,21,22,23). The van der Waals surface area contributed by atoms with E-state index >= 15 is 0 Å². The van der Waals surface area contributed by atoms with Crippen molar-refractivity contribution >= 4 is 26.8 Å². The maximum absolute atomic E-state index is 14.2. The molecule has 0 aliphatic heterocycles.